The molecule has 1 aromatic heterocycles. The fourth-order valence-corrected chi connectivity index (χ4v) is 4.23. The molecule has 1 amide bonds. The minimum absolute atomic E-state index is 0.0847. The quantitative estimate of drug-likeness (QED) is 0.552. The van der Waals surface area contributed by atoms with Crippen LogP contribution in [-0.2, 0) is 11.0 Å². The summed E-state index contributed by atoms with van der Waals surface area (Å²) in [6.07, 6.45) is -2.24. The summed E-state index contributed by atoms with van der Waals surface area (Å²) in [6, 6.07) is 11.7. The Morgan fingerprint density at radius 2 is 1.85 bits per heavy atom. The second-order valence-electron chi connectivity index (χ2n) is 5.92. The van der Waals surface area contributed by atoms with Crippen molar-refractivity contribution in [3.8, 4) is 0 Å². The zero-order valence-electron chi connectivity index (χ0n) is 14.3. The number of aliphatic imine (C=N–C) groups is 1. The number of rotatable bonds is 4. The van der Waals surface area contributed by atoms with Gasteiger partial charge >= 0.3 is 6.18 Å². The highest BCUT2D eigenvalue weighted by Gasteiger charge is 2.32. The first-order valence-corrected chi connectivity index (χ1v) is 10.2. The zero-order valence-corrected chi connectivity index (χ0v) is 16.0. The Kier molecular flexibility index (Phi) is 6.43. The standard InChI is InChI=1S/C18H18F3N3OS2/c19-18(20,21)14-8-9-16(27-14)23-15(25)12-26-17(24-10-4-5-11-24)22-13-6-2-1-3-7-13/h1-3,6-9H,4-5,10-12H2,(H,23,25). The second kappa shape index (κ2) is 8.79. The number of halogens is 3. The summed E-state index contributed by atoms with van der Waals surface area (Å²) in [5.41, 5.74) is 0.806. The highest BCUT2D eigenvalue weighted by atomic mass is 32.2. The summed E-state index contributed by atoms with van der Waals surface area (Å²) < 4.78 is 37.9. The predicted molar refractivity (Wildman–Crippen MR) is 105 cm³/mol. The number of nitrogens with one attached hydrogen (secondary N) is 1. The Morgan fingerprint density at radius 3 is 2.48 bits per heavy atom. The largest absolute Gasteiger partial charge is 0.425 e. The number of carbonyl (C=O) groups is 1. The van der Waals surface area contributed by atoms with Gasteiger partial charge in [-0.05, 0) is 37.1 Å². The Bertz CT molecular complexity index is 800. The number of nitrogens with zero attached hydrogens (tertiary/aromatic N) is 2. The van der Waals surface area contributed by atoms with E-state index in [4.69, 9.17) is 0 Å². The van der Waals surface area contributed by atoms with E-state index >= 15 is 0 Å². The van der Waals surface area contributed by atoms with Crippen LogP contribution in [0.1, 0.15) is 17.7 Å². The van der Waals surface area contributed by atoms with Gasteiger partial charge in [-0.25, -0.2) is 4.99 Å². The fraction of sp³-hybridized carbons (Fsp3) is 0.333. The van der Waals surface area contributed by atoms with Crippen LogP contribution < -0.4 is 5.32 Å². The first kappa shape index (κ1) is 19.8. The van der Waals surface area contributed by atoms with Crippen LogP contribution in [0.5, 0.6) is 0 Å². The van der Waals surface area contributed by atoms with E-state index in [1.165, 1.54) is 17.8 Å². The van der Waals surface area contributed by atoms with Gasteiger partial charge in [-0.15, -0.1) is 11.3 Å². The number of para-hydroxylation sites is 1. The number of alkyl halides is 3. The van der Waals surface area contributed by atoms with E-state index in [-0.39, 0.29) is 16.7 Å². The van der Waals surface area contributed by atoms with Gasteiger partial charge in [0.2, 0.25) is 5.91 Å². The molecule has 0 saturated carbocycles. The third-order valence-corrected chi connectivity index (χ3v) is 5.90. The first-order chi connectivity index (χ1) is 12.9. The summed E-state index contributed by atoms with van der Waals surface area (Å²) in [6.45, 7) is 1.78. The van der Waals surface area contributed by atoms with Gasteiger partial charge in [-0.3, -0.25) is 4.79 Å². The topological polar surface area (TPSA) is 44.7 Å². The summed E-state index contributed by atoms with van der Waals surface area (Å²) in [4.78, 5) is 18.2. The van der Waals surface area contributed by atoms with Crippen molar-refractivity contribution < 1.29 is 18.0 Å². The number of thiophene rings is 1. The van der Waals surface area contributed by atoms with Crippen LogP contribution >= 0.6 is 23.1 Å². The average Bonchev–Trinajstić information content (AvgIpc) is 3.31. The summed E-state index contributed by atoms with van der Waals surface area (Å²) >= 11 is 1.82. The van der Waals surface area contributed by atoms with Crippen molar-refractivity contribution in [2.45, 2.75) is 19.0 Å². The molecule has 0 radical (unpaired) electrons. The third kappa shape index (κ3) is 5.74. The van der Waals surface area contributed by atoms with Gasteiger partial charge in [0, 0.05) is 13.1 Å². The number of benzene rings is 1. The second-order valence-corrected chi connectivity index (χ2v) is 7.95. The predicted octanol–water partition coefficient (Wildman–Crippen LogP) is 5.22. The van der Waals surface area contributed by atoms with Gasteiger partial charge in [0.1, 0.15) is 4.88 Å². The summed E-state index contributed by atoms with van der Waals surface area (Å²) in [7, 11) is 0. The SMILES string of the molecule is O=C(CSC(=Nc1ccccc1)N1CCCC1)Nc1ccc(C(F)(F)F)s1. The Morgan fingerprint density at radius 1 is 1.15 bits per heavy atom. The summed E-state index contributed by atoms with van der Waals surface area (Å²) in [5, 5.41) is 3.48. The monoisotopic (exact) mass is 413 g/mol. The number of likely N-dealkylation sites (tertiary alicyclic amines) is 1. The Labute approximate surface area is 163 Å². The molecule has 4 nitrogen and oxygen atoms in total. The van der Waals surface area contributed by atoms with Crippen molar-refractivity contribution in [1.82, 2.24) is 4.90 Å². The first-order valence-electron chi connectivity index (χ1n) is 8.40. The third-order valence-electron chi connectivity index (χ3n) is 3.84. The van der Waals surface area contributed by atoms with E-state index in [9.17, 15) is 18.0 Å². The number of anilines is 1. The van der Waals surface area contributed by atoms with Crippen LogP contribution in [0.25, 0.3) is 0 Å². The number of hydrogen-bond acceptors (Lipinski definition) is 4. The van der Waals surface area contributed by atoms with Crippen LogP contribution in [-0.4, -0.2) is 34.8 Å². The van der Waals surface area contributed by atoms with Crippen molar-refractivity contribution in [1.29, 1.82) is 0 Å². The molecule has 9 heteroatoms. The van der Waals surface area contributed by atoms with Crippen LogP contribution in [0, 0.1) is 0 Å². The van der Waals surface area contributed by atoms with Crippen molar-refractivity contribution in [3.63, 3.8) is 0 Å². The molecule has 0 spiro atoms. The molecule has 1 fully saturated rings. The molecule has 0 atom stereocenters. The molecule has 1 aliphatic heterocycles. The molecule has 1 aliphatic rings. The molecule has 3 rings (SSSR count). The molecule has 0 bridgehead atoms. The lowest BCUT2D eigenvalue weighted by atomic mass is 10.3. The van der Waals surface area contributed by atoms with Gasteiger partial charge in [0.05, 0.1) is 16.4 Å². The fourth-order valence-electron chi connectivity index (χ4n) is 2.58. The Hall–Kier alpha value is -2.00. The van der Waals surface area contributed by atoms with Crippen LogP contribution in [0.4, 0.5) is 23.9 Å². The van der Waals surface area contributed by atoms with E-state index in [1.54, 1.807) is 0 Å². The molecule has 1 saturated heterocycles. The molecule has 27 heavy (non-hydrogen) atoms. The molecule has 1 aromatic carbocycles. The molecule has 0 unspecified atom stereocenters. The molecule has 1 N–H and O–H groups in total. The number of hydrogen-bond donors (Lipinski definition) is 1. The molecular weight excluding hydrogens is 395 g/mol. The van der Waals surface area contributed by atoms with Crippen LogP contribution in [0.15, 0.2) is 47.5 Å². The number of amides is 1. The number of carbonyl (C=O) groups excluding carboxylic acids is 1. The molecule has 0 aliphatic carbocycles. The minimum atomic E-state index is -4.40. The van der Waals surface area contributed by atoms with Crippen LogP contribution in [0.3, 0.4) is 0 Å². The van der Waals surface area contributed by atoms with Crippen molar-refractivity contribution in [3.05, 3.63) is 47.3 Å². The minimum Gasteiger partial charge on any atom is -0.351 e. The highest BCUT2D eigenvalue weighted by Crippen LogP contribution is 2.36. The highest BCUT2D eigenvalue weighted by molar-refractivity contribution is 8.14. The zero-order chi connectivity index (χ0) is 19.3. The van der Waals surface area contributed by atoms with E-state index < -0.39 is 11.1 Å². The van der Waals surface area contributed by atoms with Crippen molar-refractivity contribution >= 4 is 44.9 Å². The van der Waals surface area contributed by atoms with Gasteiger partial charge in [0.15, 0.2) is 5.17 Å². The lowest BCUT2D eigenvalue weighted by Gasteiger charge is -2.19. The van der Waals surface area contributed by atoms with E-state index in [0.29, 0.717) is 11.3 Å². The van der Waals surface area contributed by atoms with E-state index in [2.05, 4.69) is 15.2 Å². The molecule has 144 valence electrons. The molecular formula is C18H18F3N3OS2. The van der Waals surface area contributed by atoms with Crippen LogP contribution in [0.2, 0.25) is 0 Å². The van der Waals surface area contributed by atoms with Gasteiger partial charge in [0.25, 0.3) is 0 Å². The van der Waals surface area contributed by atoms with Crippen molar-refractivity contribution in [2.24, 2.45) is 4.99 Å². The maximum absolute atomic E-state index is 12.6. The smallest absolute Gasteiger partial charge is 0.351 e. The van der Waals surface area contributed by atoms with Crippen molar-refractivity contribution in [2.75, 3.05) is 24.2 Å². The van der Waals surface area contributed by atoms with E-state index in [1.807, 2.05) is 30.3 Å². The lowest BCUT2D eigenvalue weighted by molar-refractivity contribution is -0.134. The van der Waals surface area contributed by atoms with E-state index in [0.717, 1.165) is 42.9 Å². The molecule has 2 heterocycles. The normalized spacial score (nSPS) is 15.2. The maximum Gasteiger partial charge on any atom is 0.425 e. The van der Waals surface area contributed by atoms with Gasteiger partial charge < -0.3 is 10.2 Å². The molecule has 2 aromatic rings. The number of thioether (sulfide) groups is 1. The van der Waals surface area contributed by atoms with Gasteiger partial charge in [-0.1, -0.05) is 30.0 Å². The summed E-state index contributed by atoms with van der Waals surface area (Å²) in [5.74, 6) is -0.267. The Balaban J connectivity index is 1.62. The number of amidine groups is 1. The average molecular weight is 413 g/mol. The van der Waals surface area contributed by atoms with Gasteiger partial charge in [-0.2, -0.15) is 13.2 Å². The maximum atomic E-state index is 12.6. The lowest BCUT2D eigenvalue weighted by Crippen LogP contribution is -2.27.